The van der Waals surface area contributed by atoms with Crippen molar-refractivity contribution in [2.45, 2.75) is 13.8 Å². The van der Waals surface area contributed by atoms with Crippen molar-refractivity contribution in [2.24, 2.45) is 0 Å². The van der Waals surface area contributed by atoms with Gasteiger partial charge in [0.1, 0.15) is 0 Å². The van der Waals surface area contributed by atoms with E-state index in [1.165, 1.54) is 12.1 Å². The highest BCUT2D eigenvalue weighted by atomic mass is 35.5. The second-order valence-corrected chi connectivity index (χ2v) is 8.60. The third-order valence-corrected chi connectivity index (χ3v) is 6.49. The Morgan fingerprint density at radius 2 is 1.29 bits per heavy atom. The van der Waals surface area contributed by atoms with Crippen molar-refractivity contribution in [1.29, 1.82) is 0 Å². The van der Waals surface area contributed by atoms with Gasteiger partial charge in [0.15, 0.2) is 13.6 Å². The second-order valence-electron chi connectivity index (χ2n) is 6.31. The lowest BCUT2D eigenvalue weighted by Gasteiger charge is -2.12. The first-order valence-electron chi connectivity index (χ1n) is 8.48. The standard InChI is InChI=1S/C22H16Cl2O3P/c1-13-7-5-8-14(2)19(13)22(26)28(27)18-12-4-3-9-15(18)21(25)20-16(23)10-6-11-17(20)24/h3-12H,1-2H3. The predicted molar refractivity (Wildman–Crippen MR) is 114 cm³/mol. The first kappa shape index (κ1) is 20.4. The van der Waals surface area contributed by atoms with Crippen LogP contribution >= 0.6 is 31.0 Å². The van der Waals surface area contributed by atoms with E-state index >= 15 is 0 Å². The number of carbonyl (C=O) groups is 2. The molecule has 0 aliphatic carbocycles. The van der Waals surface area contributed by atoms with Crippen LogP contribution in [0, 0.1) is 13.8 Å². The molecule has 0 heterocycles. The Morgan fingerprint density at radius 1 is 0.750 bits per heavy atom. The Morgan fingerprint density at radius 3 is 1.89 bits per heavy atom. The zero-order valence-corrected chi connectivity index (χ0v) is 17.6. The highest BCUT2D eigenvalue weighted by molar-refractivity contribution is 7.71. The van der Waals surface area contributed by atoms with Gasteiger partial charge in [-0.25, -0.2) is 0 Å². The van der Waals surface area contributed by atoms with Crippen molar-refractivity contribution >= 4 is 47.6 Å². The number of halogens is 2. The van der Waals surface area contributed by atoms with Gasteiger partial charge in [-0.1, -0.05) is 59.6 Å². The first-order chi connectivity index (χ1) is 13.3. The van der Waals surface area contributed by atoms with Crippen molar-refractivity contribution < 1.29 is 14.2 Å². The van der Waals surface area contributed by atoms with Crippen molar-refractivity contribution in [1.82, 2.24) is 0 Å². The van der Waals surface area contributed by atoms with Gasteiger partial charge in [0, 0.05) is 11.1 Å². The van der Waals surface area contributed by atoms with E-state index < -0.39 is 19.1 Å². The summed E-state index contributed by atoms with van der Waals surface area (Å²) in [5.41, 5.74) is 1.68. The molecular weight excluding hydrogens is 414 g/mol. The Bertz CT molecular complexity index is 1080. The van der Waals surface area contributed by atoms with Gasteiger partial charge in [-0.3, -0.25) is 14.2 Å². The molecule has 0 bridgehead atoms. The van der Waals surface area contributed by atoms with Gasteiger partial charge in [0.05, 0.1) is 20.9 Å². The molecule has 3 aromatic carbocycles. The molecule has 1 atom stereocenters. The minimum atomic E-state index is -2.50. The summed E-state index contributed by atoms with van der Waals surface area (Å²) in [5.74, 6) is -0.469. The van der Waals surface area contributed by atoms with E-state index in [4.69, 9.17) is 23.2 Å². The average molecular weight is 430 g/mol. The van der Waals surface area contributed by atoms with E-state index in [1.807, 2.05) is 6.07 Å². The SMILES string of the molecule is Cc1cccc(C)c1C(=O)[P](=O)c1ccccc1C(=O)c1c(Cl)cccc1Cl. The van der Waals surface area contributed by atoms with Gasteiger partial charge in [0.2, 0.25) is 5.52 Å². The lowest BCUT2D eigenvalue weighted by atomic mass is 10.0. The number of benzene rings is 3. The summed E-state index contributed by atoms with van der Waals surface area (Å²) in [6, 6.07) is 16.5. The van der Waals surface area contributed by atoms with E-state index in [-0.39, 0.29) is 26.5 Å². The van der Waals surface area contributed by atoms with Crippen molar-refractivity contribution in [3.8, 4) is 0 Å². The maximum Gasteiger partial charge on any atom is 0.247 e. The van der Waals surface area contributed by atoms with Gasteiger partial charge in [-0.15, -0.1) is 0 Å². The fourth-order valence-electron chi connectivity index (χ4n) is 3.05. The van der Waals surface area contributed by atoms with Crippen LogP contribution in [-0.4, -0.2) is 11.3 Å². The van der Waals surface area contributed by atoms with Crippen LogP contribution < -0.4 is 5.30 Å². The molecule has 0 amide bonds. The lowest BCUT2D eigenvalue weighted by Crippen LogP contribution is -2.17. The van der Waals surface area contributed by atoms with E-state index in [1.54, 1.807) is 56.3 Å². The zero-order chi connectivity index (χ0) is 20.4. The molecule has 1 radical (unpaired) electrons. The number of aryl methyl sites for hydroxylation is 2. The van der Waals surface area contributed by atoms with E-state index in [0.717, 1.165) is 11.1 Å². The van der Waals surface area contributed by atoms with Gasteiger partial charge >= 0.3 is 0 Å². The number of ketones is 1. The van der Waals surface area contributed by atoms with Gasteiger partial charge in [0.25, 0.3) is 0 Å². The highest BCUT2D eigenvalue weighted by Gasteiger charge is 2.27. The number of carbonyl (C=O) groups excluding carboxylic acids is 2. The molecule has 0 aliphatic heterocycles. The molecule has 0 saturated carbocycles. The zero-order valence-electron chi connectivity index (χ0n) is 15.2. The summed E-state index contributed by atoms with van der Waals surface area (Å²) in [6.07, 6.45) is 0. The van der Waals surface area contributed by atoms with Crippen LogP contribution in [0.15, 0.2) is 60.7 Å². The lowest BCUT2D eigenvalue weighted by molar-refractivity contribution is 0.103. The normalized spacial score (nSPS) is 11.2. The second kappa shape index (κ2) is 8.36. The fourth-order valence-corrected chi connectivity index (χ4v) is 5.01. The van der Waals surface area contributed by atoms with Crippen molar-refractivity contribution in [2.75, 3.05) is 0 Å². The molecule has 0 fully saturated rings. The quantitative estimate of drug-likeness (QED) is 0.361. The Hall–Kier alpha value is -2.32. The van der Waals surface area contributed by atoms with Crippen LogP contribution in [0.25, 0.3) is 0 Å². The molecule has 0 aliphatic rings. The third kappa shape index (κ3) is 3.79. The first-order valence-corrected chi connectivity index (χ1v) is 10.5. The molecule has 0 N–H and O–H groups in total. The predicted octanol–water partition coefficient (Wildman–Crippen LogP) is 6.13. The molecule has 0 saturated heterocycles. The van der Waals surface area contributed by atoms with Crippen molar-refractivity contribution in [3.63, 3.8) is 0 Å². The highest BCUT2D eigenvalue weighted by Crippen LogP contribution is 2.33. The number of hydrogen-bond acceptors (Lipinski definition) is 3. The molecule has 1 unspecified atom stereocenters. The maximum absolute atomic E-state index is 13.2. The Labute approximate surface area is 174 Å². The number of hydrogen-bond donors (Lipinski definition) is 0. The van der Waals surface area contributed by atoms with Gasteiger partial charge in [-0.05, 0) is 49.2 Å². The molecule has 6 heteroatoms. The molecule has 28 heavy (non-hydrogen) atoms. The summed E-state index contributed by atoms with van der Waals surface area (Å²) in [5, 5.41) is 0.568. The average Bonchev–Trinajstić information content (AvgIpc) is 2.67. The van der Waals surface area contributed by atoms with E-state index in [0.29, 0.717) is 5.56 Å². The Balaban J connectivity index is 2.09. The van der Waals surface area contributed by atoms with Crippen LogP contribution in [0.3, 0.4) is 0 Å². The fraction of sp³-hybridized carbons (Fsp3) is 0.0909. The molecule has 0 aromatic heterocycles. The van der Waals surface area contributed by atoms with Crippen LogP contribution in [0.2, 0.25) is 10.0 Å². The summed E-state index contributed by atoms with van der Waals surface area (Å²) in [7, 11) is -2.50. The monoisotopic (exact) mass is 429 g/mol. The number of rotatable bonds is 5. The summed E-state index contributed by atoms with van der Waals surface area (Å²) < 4.78 is 13.2. The van der Waals surface area contributed by atoms with Gasteiger partial charge in [-0.2, -0.15) is 0 Å². The Kier molecular flexibility index (Phi) is 6.10. The minimum absolute atomic E-state index is 0.126. The minimum Gasteiger partial charge on any atom is -0.288 e. The van der Waals surface area contributed by atoms with Gasteiger partial charge < -0.3 is 0 Å². The largest absolute Gasteiger partial charge is 0.288 e. The van der Waals surface area contributed by atoms with Crippen LogP contribution in [0.4, 0.5) is 0 Å². The summed E-state index contributed by atoms with van der Waals surface area (Å²) in [6.45, 7) is 3.59. The van der Waals surface area contributed by atoms with Crippen LogP contribution in [0.5, 0.6) is 0 Å². The maximum atomic E-state index is 13.2. The molecule has 0 spiro atoms. The molecule has 3 aromatic rings. The van der Waals surface area contributed by atoms with Crippen molar-refractivity contribution in [3.05, 3.63) is 98.5 Å². The molecule has 3 rings (SSSR count). The molecule has 141 valence electrons. The van der Waals surface area contributed by atoms with E-state index in [9.17, 15) is 14.2 Å². The van der Waals surface area contributed by atoms with E-state index in [2.05, 4.69) is 0 Å². The third-order valence-electron chi connectivity index (χ3n) is 4.44. The van der Waals surface area contributed by atoms with Crippen LogP contribution in [-0.2, 0) is 4.57 Å². The smallest absolute Gasteiger partial charge is 0.247 e. The molecule has 3 nitrogen and oxygen atoms in total. The topological polar surface area (TPSA) is 51.2 Å². The summed E-state index contributed by atoms with van der Waals surface area (Å²) in [4.78, 5) is 26.1. The summed E-state index contributed by atoms with van der Waals surface area (Å²) >= 11 is 12.3. The molecular formula is C22H16Cl2O3P. The van der Waals surface area contributed by atoms with Crippen LogP contribution in [0.1, 0.15) is 37.4 Å².